The van der Waals surface area contributed by atoms with Crippen molar-refractivity contribution in [2.75, 3.05) is 13.1 Å². The Labute approximate surface area is 143 Å². The highest BCUT2D eigenvalue weighted by atomic mass is 16.3. The molecule has 4 nitrogen and oxygen atoms in total. The normalized spacial score (nSPS) is 21.0. The number of aliphatic hydroxyl groups is 1. The summed E-state index contributed by atoms with van der Waals surface area (Å²) in [5, 5.41) is 13.0. The van der Waals surface area contributed by atoms with Crippen LogP contribution in [0.25, 0.3) is 0 Å². The van der Waals surface area contributed by atoms with Crippen LogP contribution in [0.5, 0.6) is 0 Å². The Morgan fingerprint density at radius 2 is 1.67 bits per heavy atom. The van der Waals surface area contributed by atoms with E-state index in [1.807, 2.05) is 43.3 Å². The lowest BCUT2D eigenvalue weighted by atomic mass is 9.88. The van der Waals surface area contributed by atoms with E-state index in [2.05, 4.69) is 29.6 Å². The third-order valence-corrected chi connectivity index (χ3v) is 4.76. The molecule has 0 aromatic heterocycles. The average Bonchev–Trinajstić information content (AvgIpc) is 2.63. The van der Waals surface area contributed by atoms with Crippen LogP contribution in [0.15, 0.2) is 60.7 Å². The second kappa shape index (κ2) is 7.60. The van der Waals surface area contributed by atoms with Crippen LogP contribution in [-0.4, -0.2) is 41.3 Å². The Kier molecular flexibility index (Phi) is 5.28. The van der Waals surface area contributed by atoms with E-state index in [4.69, 9.17) is 0 Å². The van der Waals surface area contributed by atoms with Gasteiger partial charge in [-0.15, -0.1) is 0 Å². The third-order valence-electron chi connectivity index (χ3n) is 4.76. The third kappa shape index (κ3) is 3.66. The first kappa shape index (κ1) is 16.7. The Morgan fingerprint density at radius 1 is 1.12 bits per heavy atom. The average molecular weight is 324 g/mol. The summed E-state index contributed by atoms with van der Waals surface area (Å²) in [5.41, 5.74) is 2.28. The first-order valence-electron chi connectivity index (χ1n) is 8.47. The maximum atomic E-state index is 12.9. The predicted octanol–water partition coefficient (Wildman–Crippen LogP) is 2.35. The Balaban J connectivity index is 1.83. The zero-order valence-electron chi connectivity index (χ0n) is 13.9. The first-order valence-corrected chi connectivity index (χ1v) is 8.47. The molecule has 0 bridgehead atoms. The zero-order valence-corrected chi connectivity index (χ0v) is 13.9. The molecule has 4 heteroatoms. The number of nitrogens with one attached hydrogen (secondary N) is 1. The van der Waals surface area contributed by atoms with E-state index in [9.17, 15) is 9.90 Å². The number of hydrogen-bond donors (Lipinski definition) is 2. The molecule has 24 heavy (non-hydrogen) atoms. The molecule has 1 heterocycles. The van der Waals surface area contributed by atoms with Gasteiger partial charge in [0.15, 0.2) is 0 Å². The van der Waals surface area contributed by atoms with Crippen molar-refractivity contribution in [1.29, 1.82) is 0 Å². The molecular formula is C20H24N2O2. The lowest BCUT2D eigenvalue weighted by Crippen LogP contribution is -2.58. The zero-order chi connectivity index (χ0) is 16.9. The summed E-state index contributed by atoms with van der Waals surface area (Å²) in [5.74, 6) is 0.111. The Morgan fingerprint density at radius 3 is 2.21 bits per heavy atom. The van der Waals surface area contributed by atoms with Crippen LogP contribution < -0.4 is 5.32 Å². The van der Waals surface area contributed by atoms with Gasteiger partial charge in [0.2, 0.25) is 5.91 Å². The summed E-state index contributed by atoms with van der Waals surface area (Å²) in [6, 6.07) is 20.1. The summed E-state index contributed by atoms with van der Waals surface area (Å²) < 4.78 is 0. The van der Waals surface area contributed by atoms with Crippen molar-refractivity contribution in [3.8, 4) is 0 Å². The van der Waals surface area contributed by atoms with Gasteiger partial charge < -0.3 is 10.0 Å². The van der Waals surface area contributed by atoms with Crippen LogP contribution in [0.3, 0.4) is 0 Å². The maximum Gasteiger partial charge on any atom is 0.223 e. The molecule has 1 unspecified atom stereocenters. The minimum atomic E-state index is -0.658. The molecule has 1 amide bonds. The quantitative estimate of drug-likeness (QED) is 0.908. The lowest BCUT2D eigenvalue weighted by molar-refractivity contribution is -0.138. The second-order valence-corrected chi connectivity index (χ2v) is 6.30. The van der Waals surface area contributed by atoms with Crippen molar-refractivity contribution >= 4 is 5.91 Å². The van der Waals surface area contributed by atoms with Crippen LogP contribution in [0.1, 0.15) is 30.4 Å². The van der Waals surface area contributed by atoms with Crippen molar-refractivity contribution in [3.05, 3.63) is 71.8 Å². The molecule has 0 aliphatic carbocycles. The summed E-state index contributed by atoms with van der Waals surface area (Å²) >= 11 is 0. The monoisotopic (exact) mass is 324 g/mol. The maximum absolute atomic E-state index is 12.9. The second-order valence-electron chi connectivity index (χ2n) is 6.30. The molecule has 2 aromatic rings. The van der Waals surface area contributed by atoms with Crippen LogP contribution in [-0.2, 0) is 4.79 Å². The number of aliphatic hydroxyl groups excluding tert-OH is 1. The molecule has 1 fully saturated rings. The molecule has 2 N–H and O–H groups in total. The van der Waals surface area contributed by atoms with Gasteiger partial charge in [0, 0.05) is 25.4 Å². The van der Waals surface area contributed by atoms with E-state index in [1.54, 1.807) is 4.90 Å². The van der Waals surface area contributed by atoms with Crippen molar-refractivity contribution < 1.29 is 9.90 Å². The topological polar surface area (TPSA) is 52.6 Å². The number of rotatable bonds is 4. The molecule has 0 radical (unpaired) electrons. The smallest absolute Gasteiger partial charge is 0.223 e. The number of benzene rings is 2. The predicted molar refractivity (Wildman–Crippen MR) is 94.5 cm³/mol. The van der Waals surface area contributed by atoms with Gasteiger partial charge >= 0.3 is 0 Å². The first-order chi connectivity index (χ1) is 11.7. The molecule has 126 valence electrons. The summed E-state index contributed by atoms with van der Waals surface area (Å²) in [4.78, 5) is 14.7. The lowest BCUT2D eigenvalue weighted by Gasteiger charge is -2.38. The Bertz CT molecular complexity index is 620. The Hall–Kier alpha value is -2.17. The highest BCUT2D eigenvalue weighted by molar-refractivity contribution is 5.78. The number of carbonyl (C=O) groups excluding carboxylic acids is 1. The summed E-state index contributed by atoms with van der Waals surface area (Å²) in [7, 11) is 0. The van der Waals surface area contributed by atoms with Crippen molar-refractivity contribution in [3.63, 3.8) is 0 Å². The SMILES string of the molecule is C[C@@H]1C(O)NCCN1C(=O)CC(c1ccccc1)c1ccccc1. The van der Waals surface area contributed by atoms with Crippen molar-refractivity contribution in [1.82, 2.24) is 10.2 Å². The summed E-state index contributed by atoms with van der Waals surface area (Å²) in [6.45, 7) is 3.14. The van der Waals surface area contributed by atoms with E-state index >= 15 is 0 Å². The van der Waals surface area contributed by atoms with Gasteiger partial charge in [-0.05, 0) is 18.1 Å². The molecule has 2 atom stereocenters. The summed E-state index contributed by atoms with van der Waals surface area (Å²) in [6.07, 6.45) is -0.250. The van der Waals surface area contributed by atoms with E-state index in [-0.39, 0.29) is 17.9 Å². The van der Waals surface area contributed by atoms with Crippen molar-refractivity contribution in [2.24, 2.45) is 0 Å². The molecule has 1 aliphatic heterocycles. The molecule has 1 saturated heterocycles. The minimum Gasteiger partial charge on any atom is -0.376 e. The fraction of sp³-hybridized carbons (Fsp3) is 0.350. The van der Waals surface area contributed by atoms with Crippen molar-refractivity contribution in [2.45, 2.75) is 31.5 Å². The minimum absolute atomic E-state index is 0.0270. The van der Waals surface area contributed by atoms with Crippen LogP contribution in [0, 0.1) is 0 Å². The highest BCUT2D eigenvalue weighted by Gasteiger charge is 2.31. The molecular weight excluding hydrogens is 300 g/mol. The number of amides is 1. The largest absolute Gasteiger partial charge is 0.376 e. The van der Waals surface area contributed by atoms with Gasteiger partial charge in [-0.1, -0.05) is 60.7 Å². The van der Waals surface area contributed by atoms with Gasteiger partial charge in [0.05, 0.1) is 6.04 Å². The van der Waals surface area contributed by atoms with Gasteiger partial charge in [0.25, 0.3) is 0 Å². The number of nitrogens with zero attached hydrogens (tertiary/aromatic N) is 1. The van der Waals surface area contributed by atoms with Crippen LogP contribution in [0.4, 0.5) is 0 Å². The van der Waals surface area contributed by atoms with Crippen LogP contribution >= 0.6 is 0 Å². The standard InChI is InChI=1S/C20H24N2O2/c1-15-20(24)21-12-13-22(15)19(23)14-18(16-8-4-2-5-9-16)17-10-6-3-7-11-17/h2-11,15,18,20-21,24H,12-14H2,1H3/t15-,20?/m1/s1. The van der Waals surface area contributed by atoms with Gasteiger partial charge in [-0.3, -0.25) is 10.1 Å². The molecule has 3 rings (SSSR count). The van der Waals surface area contributed by atoms with E-state index in [0.717, 1.165) is 11.1 Å². The molecule has 2 aromatic carbocycles. The highest BCUT2D eigenvalue weighted by Crippen LogP contribution is 2.29. The van der Waals surface area contributed by atoms with E-state index in [1.165, 1.54) is 0 Å². The number of carbonyl (C=O) groups is 1. The van der Waals surface area contributed by atoms with E-state index < -0.39 is 6.23 Å². The van der Waals surface area contributed by atoms with E-state index in [0.29, 0.717) is 19.5 Å². The molecule has 0 saturated carbocycles. The molecule has 1 aliphatic rings. The molecule has 0 spiro atoms. The fourth-order valence-corrected chi connectivity index (χ4v) is 3.32. The van der Waals surface area contributed by atoms with Gasteiger partial charge in [-0.2, -0.15) is 0 Å². The number of piperazine rings is 1. The fourth-order valence-electron chi connectivity index (χ4n) is 3.32. The van der Waals surface area contributed by atoms with Gasteiger partial charge in [0.1, 0.15) is 6.23 Å². The number of hydrogen-bond acceptors (Lipinski definition) is 3. The van der Waals surface area contributed by atoms with Crippen LogP contribution in [0.2, 0.25) is 0 Å². The van der Waals surface area contributed by atoms with Gasteiger partial charge in [-0.25, -0.2) is 0 Å².